The molecular formula is C21H27N5O. The van der Waals surface area contributed by atoms with Crippen LogP contribution in [0.15, 0.2) is 42.6 Å². The largest absolute Gasteiger partial charge is 0.373 e. The molecule has 0 radical (unpaired) electrons. The maximum atomic E-state index is 12.8. The molecule has 3 heterocycles. The lowest BCUT2D eigenvalue weighted by Crippen LogP contribution is -2.37. The predicted molar refractivity (Wildman–Crippen MR) is 109 cm³/mol. The molecule has 0 unspecified atom stereocenters. The molecule has 27 heavy (non-hydrogen) atoms. The number of hydrogen-bond acceptors (Lipinski definition) is 4. The summed E-state index contributed by atoms with van der Waals surface area (Å²) in [6.07, 6.45) is 5.52. The highest BCUT2D eigenvalue weighted by atomic mass is 16.2. The Bertz CT molecular complexity index is 785. The van der Waals surface area contributed by atoms with Gasteiger partial charge in [-0.25, -0.2) is 9.78 Å². The van der Waals surface area contributed by atoms with E-state index >= 15 is 0 Å². The summed E-state index contributed by atoms with van der Waals surface area (Å²) in [6.45, 7) is 4.26. The van der Waals surface area contributed by atoms with Crippen molar-refractivity contribution < 1.29 is 4.79 Å². The number of anilines is 3. The highest BCUT2D eigenvalue weighted by Gasteiger charge is 2.21. The van der Waals surface area contributed by atoms with E-state index in [0.29, 0.717) is 13.1 Å². The molecular weight excluding hydrogens is 338 g/mol. The number of carbonyl (C=O) groups is 1. The van der Waals surface area contributed by atoms with Gasteiger partial charge in [-0.3, -0.25) is 0 Å². The number of aromatic nitrogens is 1. The van der Waals surface area contributed by atoms with E-state index in [9.17, 15) is 4.79 Å². The molecule has 1 aromatic heterocycles. The van der Waals surface area contributed by atoms with E-state index in [0.717, 1.165) is 31.1 Å². The number of para-hydroxylation sites is 1. The van der Waals surface area contributed by atoms with E-state index in [-0.39, 0.29) is 6.03 Å². The van der Waals surface area contributed by atoms with E-state index in [2.05, 4.69) is 39.3 Å². The van der Waals surface area contributed by atoms with E-state index in [1.807, 2.05) is 29.2 Å². The smallest absolute Gasteiger partial charge is 0.322 e. The van der Waals surface area contributed by atoms with Crippen molar-refractivity contribution in [3.63, 3.8) is 0 Å². The van der Waals surface area contributed by atoms with Crippen molar-refractivity contribution in [2.45, 2.75) is 25.8 Å². The molecule has 4 rings (SSSR count). The van der Waals surface area contributed by atoms with Gasteiger partial charge in [0.1, 0.15) is 5.82 Å². The van der Waals surface area contributed by atoms with Crippen LogP contribution in [0, 0.1) is 0 Å². The van der Waals surface area contributed by atoms with Crippen LogP contribution in [0.2, 0.25) is 0 Å². The molecule has 142 valence electrons. The summed E-state index contributed by atoms with van der Waals surface area (Å²) < 4.78 is 0. The number of carbonyl (C=O) groups excluding carboxylic acids is 1. The highest BCUT2D eigenvalue weighted by Crippen LogP contribution is 2.24. The van der Waals surface area contributed by atoms with Gasteiger partial charge in [0.2, 0.25) is 0 Å². The van der Waals surface area contributed by atoms with Crippen molar-refractivity contribution >= 4 is 23.2 Å². The van der Waals surface area contributed by atoms with Crippen LogP contribution >= 0.6 is 0 Å². The number of pyridine rings is 1. The lowest BCUT2D eigenvalue weighted by atomic mass is 10.1. The number of hydrogen-bond donors (Lipinski definition) is 1. The quantitative estimate of drug-likeness (QED) is 0.884. The van der Waals surface area contributed by atoms with Gasteiger partial charge in [-0.05, 0) is 43.0 Å². The first kappa shape index (κ1) is 17.6. The topological polar surface area (TPSA) is 51.7 Å². The maximum absolute atomic E-state index is 12.8. The Hall–Kier alpha value is -2.76. The molecule has 2 aliphatic rings. The zero-order valence-corrected chi connectivity index (χ0v) is 15.9. The second-order valence-corrected chi connectivity index (χ2v) is 7.35. The van der Waals surface area contributed by atoms with Gasteiger partial charge in [0.05, 0.1) is 11.9 Å². The zero-order valence-electron chi connectivity index (χ0n) is 15.9. The summed E-state index contributed by atoms with van der Waals surface area (Å²) in [5.74, 6) is 0.998. The minimum Gasteiger partial charge on any atom is -0.373 e. The third kappa shape index (κ3) is 3.99. The van der Waals surface area contributed by atoms with Crippen LogP contribution in [0.3, 0.4) is 0 Å². The second kappa shape index (κ2) is 7.86. The molecule has 1 N–H and O–H groups in total. The van der Waals surface area contributed by atoms with Gasteiger partial charge in [0, 0.05) is 45.5 Å². The maximum Gasteiger partial charge on any atom is 0.322 e. The van der Waals surface area contributed by atoms with Crippen LogP contribution in [0.25, 0.3) is 0 Å². The van der Waals surface area contributed by atoms with E-state index in [1.54, 1.807) is 6.20 Å². The van der Waals surface area contributed by atoms with Crippen molar-refractivity contribution in [1.29, 1.82) is 0 Å². The summed E-state index contributed by atoms with van der Waals surface area (Å²) in [5, 5.41) is 3.00. The summed E-state index contributed by atoms with van der Waals surface area (Å²) >= 11 is 0. The number of benzene rings is 1. The van der Waals surface area contributed by atoms with E-state index in [4.69, 9.17) is 0 Å². The third-order valence-corrected chi connectivity index (χ3v) is 5.44. The summed E-state index contributed by atoms with van der Waals surface area (Å²) in [4.78, 5) is 23.7. The highest BCUT2D eigenvalue weighted by molar-refractivity contribution is 5.89. The van der Waals surface area contributed by atoms with Gasteiger partial charge < -0.3 is 20.0 Å². The first-order chi connectivity index (χ1) is 13.2. The van der Waals surface area contributed by atoms with Crippen molar-refractivity contribution in [3.8, 4) is 0 Å². The average Bonchev–Trinajstić information content (AvgIpc) is 2.89. The average molecular weight is 365 g/mol. The first-order valence-corrected chi connectivity index (χ1v) is 9.77. The molecule has 0 aliphatic carbocycles. The molecule has 0 saturated carbocycles. The predicted octanol–water partition coefficient (Wildman–Crippen LogP) is 3.56. The number of piperidine rings is 1. The Morgan fingerprint density at radius 2 is 1.81 bits per heavy atom. The van der Waals surface area contributed by atoms with E-state index in [1.165, 1.54) is 30.5 Å². The molecule has 6 nitrogen and oxygen atoms in total. The third-order valence-electron chi connectivity index (χ3n) is 5.44. The van der Waals surface area contributed by atoms with Gasteiger partial charge in [-0.15, -0.1) is 0 Å². The Morgan fingerprint density at radius 1 is 1.00 bits per heavy atom. The number of nitrogens with one attached hydrogen (secondary N) is 1. The van der Waals surface area contributed by atoms with Gasteiger partial charge in [-0.2, -0.15) is 0 Å². The van der Waals surface area contributed by atoms with Gasteiger partial charge >= 0.3 is 6.03 Å². The fourth-order valence-electron chi connectivity index (χ4n) is 3.84. The molecule has 0 atom stereocenters. The van der Waals surface area contributed by atoms with Crippen molar-refractivity contribution in [2.75, 3.05) is 48.3 Å². The monoisotopic (exact) mass is 365 g/mol. The SMILES string of the molecule is CN1CCN(C(=O)Nc2ccc(N3CCCCC3)nc2)Cc2ccccc21. The Morgan fingerprint density at radius 3 is 2.59 bits per heavy atom. The first-order valence-electron chi connectivity index (χ1n) is 9.77. The minimum atomic E-state index is -0.0763. The van der Waals surface area contributed by atoms with Crippen LogP contribution < -0.4 is 15.1 Å². The molecule has 2 amide bonds. The standard InChI is InChI=1S/C21H27N5O/c1-24-13-14-26(16-17-7-3-4-8-19(17)24)21(27)23-18-9-10-20(22-15-18)25-11-5-2-6-12-25/h3-4,7-10,15H,2,5-6,11-14,16H2,1H3,(H,23,27). The molecule has 0 spiro atoms. The molecule has 1 fully saturated rings. The lowest BCUT2D eigenvalue weighted by Gasteiger charge is -2.27. The number of nitrogens with zero attached hydrogens (tertiary/aromatic N) is 4. The Labute approximate surface area is 160 Å². The summed E-state index contributed by atoms with van der Waals surface area (Å²) in [7, 11) is 2.07. The lowest BCUT2D eigenvalue weighted by molar-refractivity contribution is 0.212. The second-order valence-electron chi connectivity index (χ2n) is 7.35. The minimum absolute atomic E-state index is 0.0763. The molecule has 2 aliphatic heterocycles. The molecule has 0 bridgehead atoms. The zero-order chi connectivity index (χ0) is 18.6. The van der Waals surface area contributed by atoms with Crippen LogP contribution in [-0.2, 0) is 6.54 Å². The fourth-order valence-corrected chi connectivity index (χ4v) is 3.84. The summed E-state index contributed by atoms with van der Waals surface area (Å²) in [6, 6.07) is 12.1. The molecule has 1 saturated heterocycles. The van der Waals surface area contributed by atoms with Crippen molar-refractivity contribution in [2.24, 2.45) is 0 Å². The Kier molecular flexibility index (Phi) is 5.14. The van der Waals surface area contributed by atoms with Gasteiger partial charge in [-0.1, -0.05) is 18.2 Å². The van der Waals surface area contributed by atoms with Crippen LogP contribution in [-0.4, -0.2) is 49.1 Å². The van der Waals surface area contributed by atoms with Crippen LogP contribution in [0.4, 0.5) is 22.0 Å². The number of likely N-dealkylation sites (N-methyl/N-ethyl adjacent to an activating group) is 1. The molecule has 1 aromatic carbocycles. The van der Waals surface area contributed by atoms with Crippen LogP contribution in [0.5, 0.6) is 0 Å². The van der Waals surface area contributed by atoms with Crippen molar-refractivity contribution in [3.05, 3.63) is 48.2 Å². The van der Waals surface area contributed by atoms with Gasteiger partial charge in [0.25, 0.3) is 0 Å². The fraction of sp³-hybridized carbons (Fsp3) is 0.429. The molecule has 6 heteroatoms. The number of rotatable bonds is 2. The molecule has 2 aromatic rings. The normalized spacial score (nSPS) is 17.3. The number of urea groups is 1. The van der Waals surface area contributed by atoms with Crippen molar-refractivity contribution in [1.82, 2.24) is 9.88 Å². The number of amides is 2. The summed E-state index contributed by atoms with van der Waals surface area (Å²) in [5.41, 5.74) is 3.11. The van der Waals surface area contributed by atoms with Gasteiger partial charge in [0.15, 0.2) is 0 Å². The Balaban J connectivity index is 1.41. The van der Waals surface area contributed by atoms with Crippen LogP contribution in [0.1, 0.15) is 24.8 Å². The number of fused-ring (bicyclic) bond motifs is 1. The van der Waals surface area contributed by atoms with E-state index < -0.39 is 0 Å².